The second kappa shape index (κ2) is 5.41. The van der Waals surface area contributed by atoms with Crippen molar-refractivity contribution < 1.29 is 18.2 Å². The Bertz CT molecular complexity index is 111. The lowest BCUT2D eigenvalue weighted by Crippen LogP contribution is -2.22. The van der Waals surface area contributed by atoms with Crippen molar-refractivity contribution in [2.45, 2.75) is 45.3 Å². The third-order valence-corrected chi connectivity index (χ3v) is 2.26. The van der Waals surface area contributed by atoms with Crippen LogP contribution in [0.25, 0.3) is 0 Å². The summed E-state index contributed by atoms with van der Waals surface area (Å²) in [4.78, 5) is 0. The molecule has 0 aromatic heterocycles. The molecule has 0 radical (unpaired) electrons. The number of hydrogen-bond acceptors (Lipinski definition) is 1. The largest absolute Gasteiger partial charge is 0.345 e. The predicted octanol–water partition coefficient (Wildman–Crippen LogP) is 2.96. The second-order valence-electron chi connectivity index (χ2n) is 3.28. The molecule has 1 saturated carbocycles. The summed E-state index contributed by atoms with van der Waals surface area (Å²) >= 11 is 0. The Morgan fingerprint density at radius 3 is 2.08 bits per heavy atom. The quantitative estimate of drug-likeness (QED) is 0.641. The van der Waals surface area contributed by atoms with Crippen molar-refractivity contribution in [1.82, 2.24) is 0 Å². The number of rotatable bonds is 2. The highest BCUT2D eigenvalue weighted by molar-refractivity contribution is 4.69. The van der Waals surface area contributed by atoms with Crippen LogP contribution in [0.3, 0.4) is 0 Å². The first-order valence-corrected chi connectivity index (χ1v) is 4.12. The van der Waals surface area contributed by atoms with Crippen LogP contribution in [-0.2, 0) is 4.74 Å². The normalized spacial score (nSPS) is 30.0. The number of alkyl halides is 2. The molecule has 4 heteroatoms. The van der Waals surface area contributed by atoms with Gasteiger partial charge in [-0.2, -0.15) is 8.78 Å². The van der Waals surface area contributed by atoms with Crippen LogP contribution in [0.2, 0.25) is 0 Å². The fraction of sp³-hybridized carbons (Fsp3) is 1.00. The molecule has 1 fully saturated rings. The third kappa shape index (κ3) is 3.95. The van der Waals surface area contributed by atoms with Crippen LogP contribution < -0.4 is 0 Å². The van der Waals surface area contributed by atoms with Crippen LogP contribution in [0.1, 0.15) is 32.6 Å². The highest BCUT2D eigenvalue weighted by Crippen LogP contribution is 2.26. The number of hydrogen-bond donors (Lipinski definition) is 0. The SMILES string of the molecule is CC1CCC(OC(F)F)CC1.F. The van der Waals surface area contributed by atoms with Crippen LogP contribution in [0.15, 0.2) is 0 Å². The van der Waals surface area contributed by atoms with Gasteiger partial charge in [0, 0.05) is 0 Å². The first-order valence-electron chi connectivity index (χ1n) is 4.12. The summed E-state index contributed by atoms with van der Waals surface area (Å²) in [5.74, 6) is 0.688. The Kier molecular flexibility index (Phi) is 5.29. The van der Waals surface area contributed by atoms with E-state index >= 15 is 0 Å². The Morgan fingerprint density at radius 1 is 1.17 bits per heavy atom. The van der Waals surface area contributed by atoms with Crippen molar-refractivity contribution in [3.8, 4) is 0 Å². The van der Waals surface area contributed by atoms with E-state index < -0.39 is 6.61 Å². The molecule has 0 heterocycles. The molecule has 0 bridgehead atoms. The summed E-state index contributed by atoms with van der Waals surface area (Å²) in [5, 5.41) is 0. The Hall–Kier alpha value is -0.250. The Labute approximate surface area is 70.5 Å². The van der Waals surface area contributed by atoms with Crippen molar-refractivity contribution in [3.05, 3.63) is 0 Å². The topological polar surface area (TPSA) is 9.23 Å². The van der Waals surface area contributed by atoms with E-state index in [-0.39, 0.29) is 10.8 Å². The summed E-state index contributed by atoms with van der Waals surface area (Å²) in [6.45, 7) is -0.438. The van der Waals surface area contributed by atoms with E-state index in [4.69, 9.17) is 0 Å². The second-order valence-corrected chi connectivity index (χ2v) is 3.28. The molecule has 0 spiro atoms. The summed E-state index contributed by atoms with van der Waals surface area (Å²) in [6, 6.07) is 0. The van der Waals surface area contributed by atoms with Crippen LogP contribution in [0.4, 0.5) is 13.5 Å². The highest BCUT2D eigenvalue weighted by Gasteiger charge is 2.21. The molecule has 1 rings (SSSR count). The minimum atomic E-state index is -2.59. The summed E-state index contributed by atoms with van der Waals surface area (Å²) in [5.41, 5.74) is 0. The maximum Gasteiger partial charge on any atom is 0.345 e. The van der Waals surface area contributed by atoms with Crippen molar-refractivity contribution in [2.75, 3.05) is 0 Å². The lowest BCUT2D eigenvalue weighted by atomic mass is 9.89. The Morgan fingerprint density at radius 2 is 1.67 bits per heavy atom. The summed E-state index contributed by atoms with van der Waals surface area (Å²) in [6.07, 6.45) is 3.46. The maximum absolute atomic E-state index is 11.7. The minimum Gasteiger partial charge on any atom is -0.320 e. The maximum atomic E-state index is 11.7. The molecule has 1 aliphatic carbocycles. The van der Waals surface area contributed by atoms with Gasteiger partial charge < -0.3 is 4.74 Å². The van der Waals surface area contributed by atoms with Gasteiger partial charge in [-0.3, -0.25) is 4.70 Å². The molecule has 0 N–H and O–H groups in total. The zero-order chi connectivity index (χ0) is 8.27. The van der Waals surface area contributed by atoms with Crippen molar-refractivity contribution in [2.24, 2.45) is 5.92 Å². The molecule has 74 valence electrons. The van der Waals surface area contributed by atoms with Gasteiger partial charge in [0.05, 0.1) is 6.10 Å². The van der Waals surface area contributed by atoms with Gasteiger partial charge in [-0.15, -0.1) is 0 Å². The van der Waals surface area contributed by atoms with Gasteiger partial charge in [0.25, 0.3) is 0 Å². The molecule has 0 atom stereocenters. The van der Waals surface area contributed by atoms with Gasteiger partial charge in [-0.1, -0.05) is 6.92 Å². The third-order valence-electron chi connectivity index (χ3n) is 2.26. The summed E-state index contributed by atoms with van der Waals surface area (Å²) < 4.78 is 27.8. The van der Waals surface area contributed by atoms with E-state index in [2.05, 4.69) is 11.7 Å². The van der Waals surface area contributed by atoms with Gasteiger partial charge in [0.2, 0.25) is 0 Å². The van der Waals surface area contributed by atoms with Crippen LogP contribution in [-0.4, -0.2) is 12.7 Å². The number of ether oxygens (including phenoxy) is 1. The molecular weight excluding hydrogens is 169 g/mol. The van der Waals surface area contributed by atoms with E-state index in [0.717, 1.165) is 25.7 Å². The van der Waals surface area contributed by atoms with Gasteiger partial charge in [-0.25, -0.2) is 0 Å². The molecule has 1 nitrogen and oxygen atoms in total. The Balaban J connectivity index is 0.00000121. The van der Waals surface area contributed by atoms with E-state index in [0.29, 0.717) is 5.92 Å². The molecule has 0 amide bonds. The molecule has 0 aliphatic heterocycles. The molecule has 0 unspecified atom stereocenters. The fourth-order valence-corrected chi connectivity index (χ4v) is 1.51. The highest BCUT2D eigenvalue weighted by atomic mass is 19.3. The van der Waals surface area contributed by atoms with E-state index in [1.807, 2.05) is 0 Å². The van der Waals surface area contributed by atoms with Crippen LogP contribution in [0, 0.1) is 5.92 Å². The van der Waals surface area contributed by atoms with Crippen molar-refractivity contribution in [3.63, 3.8) is 0 Å². The molecule has 12 heavy (non-hydrogen) atoms. The lowest BCUT2D eigenvalue weighted by Gasteiger charge is -2.25. The number of halogens is 3. The molecule has 1 aliphatic rings. The summed E-state index contributed by atoms with van der Waals surface area (Å²) in [7, 11) is 0. The van der Waals surface area contributed by atoms with Crippen molar-refractivity contribution >= 4 is 0 Å². The van der Waals surface area contributed by atoms with Crippen LogP contribution >= 0.6 is 0 Å². The lowest BCUT2D eigenvalue weighted by molar-refractivity contribution is -0.171. The van der Waals surface area contributed by atoms with Crippen LogP contribution in [0.5, 0.6) is 0 Å². The molecule has 0 aromatic carbocycles. The fourth-order valence-electron chi connectivity index (χ4n) is 1.51. The first-order chi connectivity index (χ1) is 5.18. The van der Waals surface area contributed by atoms with E-state index in [1.165, 1.54) is 0 Å². The smallest absolute Gasteiger partial charge is 0.320 e. The predicted molar refractivity (Wildman–Crippen MR) is 41.0 cm³/mol. The van der Waals surface area contributed by atoms with Gasteiger partial charge in [0.1, 0.15) is 0 Å². The molecule has 0 saturated heterocycles. The van der Waals surface area contributed by atoms with E-state index in [9.17, 15) is 8.78 Å². The molecule has 0 aromatic rings. The average Bonchev–Trinajstić information content (AvgIpc) is 1.93. The standard InChI is InChI=1S/C8H14F2O.FH/c1-6-2-4-7(5-3-6)11-8(9)10;/h6-8H,2-5H2,1H3;1H. The zero-order valence-corrected chi connectivity index (χ0v) is 7.13. The average molecular weight is 184 g/mol. The minimum absolute atomic E-state index is 0. The molecular formula is C8H15F3O. The zero-order valence-electron chi connectivity index (χ0n) is 7.13. The van der Waals surface area contributed by atoms with Crippen molar-refractivity contribution in [1.29, 1.82) is 0 Å². The van der Waals surface area contributed by atoms with Gasteiger partial charge in [0.15, 0.2) is 0 Å². The van der Waals surface area contributed by atoms with Gasteiger partial charge >= 0.3 is 6.61 Å². The monoisotopic (exact) mass is 184 g/mol. The van der Waals surface area contributed by atoms with Gasteiger partial charge in [-0.05, 0) is 31.6 Å². The van der Waals surface area contributed by atoms with E-state index in [1.54, 1.807) is 0 Å². The first kappa shape index (κ1) is 11.8.